The van der Waals surface area contributed by atoms with Crippen LogP contribution in [0, 0.1) is 0 Å². The standard InChI is InChI=1S/C14H11Cl4N.5ClH.P/c1-14(18,9-3-2-6-19-8-9)13(17)11-5-4-10(15)7-12(11)16;;;;;;/h2-8,13H,1H3;5*1H;. The lowest BCUT2D eigenvalue weighted by Gasteiger charge is -2.28. The normalized spacial score (nSPS) is 12.0. The zero-order valence-corrected chi connectivity index (χ0v) is 20.6. The number of halogens is 9. The molecular weight excluding hydrogens is 532 g/mol. The van der Waals surface area contributed by atoms with Crippen molar-refractivity contribution in [3.8, 4) is 0 Å². The van der Waals surface area contributed by atoms with Crippen LogP contribution >= 0.6 is 118 Å². The van der Waals surface area contributed by atoms with E-state index in [0.29, 0.717) is 10.0 Å². The predicted octanol–water partition coefficient (Wildman–Crippen LogP) is 8.79. The van der Waals surface area contributed by atoms with Crippen molar-refractivity contribution in [3.05, 3.63) is 63.9 Å². The highest BCUT2D eigenvalue weighted by atomic mass is 35.5. The molecule has 2 unspecified atom stereocenters. The molecule has 1 aromatic heterocycles. The summed E-state index contributed by atoms with van der Waals surface area (Å²) in [6, 6.07) is 8.90. The molecule has 0 spiro atoms. The van der Waals surface area contributed by atoms with E-state index < -0.39 is 10.3 Å². The average Bonchev–Trinajstić information content (AvgIpc) is 2.39. The lowest BCUT2D eigenvalue weighted by atomic mass is 9.93. The minimum atomic E-state index is -0.812. The Labute approximate surface area is 203 Å². The van der Waals surface area contributed by atoms with Crippen LogP contribution in [0.2, 0.25) is 10.0 Å². The summed E-state index contributed by atoms with van der Waals surface area (Å²) in [5.74, 6) is 0. The quantitative estimate of drug-likeness (QED) is 0.276. The first-order valence-corrected chi connectivity index (χ1v) is 7.18. The topological polar surface area (TPSA) is 12.9 Å². The fourth-order valence-corrected chi connectivity index (χ4v) is 2.92. The molecule has 1 aromatic carbocycles. The highest BCUT2D eigenvalue weighted by Gasteiger charge is 2.35. The van der Waals surface area contributed by atoms with Gasteiger partial charge in [-0.1, -0.05) is 35.3 Å². The lowest BCUT2D eigenvalue weighted by molar-refractivity contribution is 0.646. The van der Waals surface area contributed by atoms with Crippen molar-refractivity contribution in [2.75, 3.05) is 0 Å². The lowest BCUT2D eigenvalue weighted by Crippen LogP contribution is -2.21. The molecule has 1 heterocycles. The van der Waals surface area contributed by atoms with Crippen LogP contribution in [-0.4, -0.2) is 4.98 Å². The maximum Gasteiger partial charge on any atom is 0.0886 e. The SMILES string of the molecule is CC(Cl)(c1cccnc1)C(Cl)c1ccc(Cl)cc1Cl.Cl.Cl.Cl.Cl.Cl.[P]. The average molecular weight is 548 g/mol. The Morgan fingerprint density at radius 1 is 1.00 bits per heavy atom. The zero-order valence-electron chi connectivity index (χ0n) is 12.6. The summed E-state index contributed by atoms with van der Waals surface area (Å²) in [6.45, 7) is 1.84. The van der Waals surface area contributed by atoms with Crippen LogP contribution in [0.5, 0.6) is 0 Å². The number of benzene rings is 1. The van der Waals surface area contributed by atoms with Gasteiger partial charge in [0.05, 0.1) is 10.3 Å². The van der Waals surface area contributed by atoms with E-state index in [4.69, 9.17) is 46.4 Å². The molecule has 0 aliphatic carbocycles. The molecule has 25 heavy (non-hydrogen) atoms. The number of alkyl halides is 2. The molecule has 2 aromatic rings. The van der Waals surface area contributed by atoms with E-state index in [0.717, 1.165) is 11.1 Å². The first-order valence-electron chi connectivity index (χ1n) is 5.61. The minimum Gasteiger partial charge on any atom is -0.264 e. The van der Waals surface area contributed by atoms with Gasteiger partial charge in [-0.05, 0) is 36.2 Å². The van der Waals surface area contributed by atoms with Gasteiger partial charge < -0.3 is 0 Å². The summed E-state index contributed by atoms with van der Waals surface area (Å²) in [6.07, 6.45) is 3.39. The van der Waals surface area contributed by atoms with Crippen molar-refractivity contribution in [1.82, 2.24) is 4.98 Å². The molecule has 0 aliphatic heterocycles. The van der Waals surface area contributed by atoms with Crippen LogP contribution in [0.15, 0.2) is 42.7 Å². The zero-order chi connectivity index (χ0) is 14.0. The molecule has 0 saturated carbocycles. The highest BCUT2D eigenvalue weighted by Crippen LogP contribution is 2.47. The van der Waals surface area contributed by atoms with Crippen LogP contribution in [-0.2, 0) is 4.87 Å². The van der Waals surface area contributed by atoms with Crippen LogP contribution in [0.1, 0.15) is 23.4 Å². The number of hydrogen-bond donors (Lipinski definition) is 0. The summed E-state index contributed by atoms with van der Waals surface area (Å²) in [5, 5.41) is 0.571. The maximum absolute atomic E-state index is 6.59. The Morgan fingerprint density at radius 3 is 2.00 bits per heavy atom. The van der Waals surface area contributed by atoms with Gasteiger partial charge in [0, 0.05) is 32.3 Å². The summed E-state index contributed by atoms with van der Waals surface area (Å²) >= 11 is 25.2. The molecule has 2 rings (SSSR count). The molecule has 1 nitrogen and oxygen atoms in total. The first-order chi connectivity index (χ1) is 8.93. The van der Waals surface area contributed by atoms with Gasteiger partial charge >= 0.3 is 0 Å². The fraction of sp³-hybridized carbons (Fsp3) is 0.214. The van der Waals surface area contributed by atoms with Gasteiger partial charge in [0.15, 0.2) is 0 Å². The summed E-state index contributed by atoms with van der Waals surface area (Å²) in [5.41, 5.74) is 1.58. The van der Waals surface area contributed by atoms with Crippen LogP contribution < -0.4 is 0 Å². The van der Waals surface area contributed by atoms with E-state index in [9.17, 15) is 0 Å². The fourth-order valence-electron chi connectivity index (χ4n) is 1.80. The summed E-state index contributed by atoms with van der Waals surface area (Å²) in [4.78, 5) is 3.25. The van der Waals surface area contributed by atoms with Crippen molar-refractivity contribution >= 4 is 118 Å². The molecule has 0 fully saturated rings. The molecule has 145 valence electrons. The second-order valence-electron chi connectivity index (χ2n) is 4.35. The molecule has 0 aliphatic rings. The third kappa shape index (κ3) is 9.44. The number of aromatic nitrogens is 1. The van der Waals surface area contributed by atoms with Crippen molar-refractivity contribution in [1.29, 1.82) is 0 Å². The van der Waals surface area contributed by atoms with Gasteiger partial charge in [-0.2, -0.15) is 0 Å². The van der Waals surface area contributed by atoms with Crippen molar-refractivity contribution in [2.24, 2.45) is 0 Å². The van der Waals surface area contributed by atoms with E-state index >= 15 is 0 Å². The van der Waals surface area contributed by atoms with Gasteiger partial charge in [-0.15, -0.1) is 85.2 Å². The minimum absolute atomic E-state index is 0. The molecule has 3 radical (unpaired) electrons. The monoisotopic (exact) mass is 544 g/mol. The molecule has 0 N–H and O–H groups in total. The van der Waals surface area contributed by atoms with Gasteiger partial charge in [-0.3, -0.25) is 4.98 Å². The molecular formula is C14H16Cl9NP. The second-order valence-corrected chi connectivity index (χ2v) is 6.41. The third-order valence-corrected chi connectivity index (χ3v) is 4.72. The van der Waals surface area contributed by atoms with Gasteiger partial charge in [0.1, 0.15) is 0 Å². The Bertz CT molecular complexity index is 584. The van der Waals surface area contributed by atoms with Crippen LogP contribution in [0.3, 0.4) is 0 Å². The Morgan fingerprint density at radius 2 is 1.56 bits per heavy atom. The number of hydrogen-bond acceptors (Lipinski definition) is 1. The largest absolute Gasteiger partial charge is 0.264 e. The van der Waals surface area contributed by atoms with E-state index in [2.05, 4.69) is 4.98 Å². The summed E-state index contributed by atoms with van der Waals surface area (Å²) in [7, 11) is 0. The Kier molecular flexibility index (Phi) is 24.4. The van der Waals surface area contributed by atoms with Gasteiger partial charge in [0.25, 0.3) is 0 Å². The highest BCUT2D eigenvalue weighted by molar-refractivity contribution is 6.92. The molecule has 0 saturated heterocycles. The Balaban J connectivity index is -0.000000222. The van der Waals surface area contributed by atoms with Crippen LogP contribution in [0.4, 0.5) is 0 Å². The van der Waals surface area contributed by atoms with Gasteiger partial charge in [-0.25, -0.2) is 0 Å². The first kappa shape index (κ1) is 37.2. The predicted molar refractivity (Wildman–Crippen MR) is 126 cm³/mol. The second kappa shape index (κ2) is 16.4. The molecule has 0 bridgehead atoms. The van der Waals surface area contributed by atoms with Crippen molar-refractivity contribution in [2.45, 2.75) is 17.2 Å². The molecule has 2 atom stereocenters. The van der Waals surface area contributed by atoms with Crippen molar-refractivity contribution < 1.29 is 0 Å². The maximum atomic E-state index is 6.59. The summed E-state index contributed by atoms with van der Waals surface area (Å²) < 4.78 is 0. The number of pyridine rings is 1. The Hall–Kier alpha value is 1.41. The van der Waals surface area contributed by atoms with E-state index in [1.807, 2.05) is 19.1 Å². The van der Waals surface area contributed by atoms with Gasteiger partial charge in [0.2, 0.25) is 0 Å². The number of nitrogens with zero attached hydrogens (tertiary/aromatic N) is 1. The number of rotatable bonds is 3. The van der Waals surface area contributed by atoms with E-state index in [1.54, 1.807) is 30.6 Å². The third-order valence-electron chi connectivity index (χ3n) is 2.94. The van der Waals surface area contributed by atoms with Crippen molar-refractivity contribution in [3.63, 3.8) is 0 Å². The molecule has 11 heteroatoms. The molecule has 0 amide bonds. The smallest absolute Gasteiger partial charge is 0.0886 e. The van der Waals surface area contributed by atoms with E-state index in [-0.39, 0.29) is 71.9 Å². The van der Waals surface area contributed by atoms with E-state index in [1.165, 1.54) is 0 Å². The van der Waals surface area contributed by atoms with Crippen LogP contribution in [0.25, 0.3) is 0 Å².